The highest BCUT2D eigenvalue weighted by Crippen LogP contribution is 2.39. The fraction of sp³-hybridized carbons (Fsp3) is 0.409. The van der Waals surface area contributed by atoms with Crippen LogP contribution in [-0.4, -0.2) is 12.5 Å². The second-order valence-corrected chi connectivity index (χ2v) is 7.71. The van der Waals surface area contributed by atoms with E-state index in [2.05, 4.69) is 23.5 Å². The predicted octanol–water partition coefficient (Wildman–Crippen LogP) is 4.36. The summed E-state index contributed by atoms with van der Waals surface area (Å²) in [6, 6.07) is 16.2. The molecular formula is C22H27ClN2O. The number of hydrogen-bond acceptors (Lipinski definition) is 2. The van der Waals surface area contributed by atoms with Crippen LogP contribution in [0, 0.1) is 0 Å². The molecule has 138 valence electrons. The molecule has 1 aliphatic heterocycles. The van der Waals surface area contributed by atoms with Crippen LogP contribution in [0.4, 0.5) is 0 Å². The normalized spacial score (nSPS) is 18.2. The molecule has 0 aromatic heterocycles. The first-order valence-corrected chi connectivity index (χ1v) is 9.80. The van der Waals surface area contributed by atoms with Gasteiger partial charge in [-0.15, -0.1) is 0 Å². The quantitative estimate of drug-likeness (QED) is 0.825. The van der Waals surface area contributed by atoms with Crippen LogP contribution >= 0.6 is 11.6 Å². The van der Waals surface area contributed by atoms with Crippen LogP contribution in [0.3, 0.4) is 0 Å². The molecular weight excluding hydrogens is 344 g/mol. The number of benzene rings is 2. The fourth-order valence-electron chi connectivity index (χ4n) is 3.99. The molecule has 0 atom stereocenters. The minimum absolute atomic E-state index is 0.128. The van der Waals surface area contributed by atoms with Crippen molar-refractivity contribution in [1.82, 2.24) is 5.32 Å². The van der Waals surface area contributed by atoms with Gasteiger partial charge in [0.05, 0.1) is 6.42 Å². The molecule has 2 aromatic carbocycles. The number of carbonyl (C=O) groups is 1. The summed E-state index contributed by atoms with van der Waals surface area (Å²) in [6.07, 6.45) is 6.90. The standard InChI is InChI=1S/C13H18ClN.C9H9NO/c14-12-6-4-5-11(9-12)13(10-15)7-2-1-3-8-13;11-9-5-7-3-1-2-4-8(7)6-10-9/h4-6,9H,1-3,7-8,10,15H2;1-4H,5-6H2,(H,10,11). The lowest BCUT2D eigenvalue weighted by Gasteiger charge is -2.36. The third kappa shape index (κ3) is 4.46. The fourth-order valence-corrected chi connectivity index (χ4v) is 4.18. The smallest absolute Gasteiger partial charge is 0.224 e. The van der Waals surface area contributed by atoms with Crippen molar-refractivity contribution in [3.63, 3.8) is 0 Å². The van der Waals surface area contributed by atoms with Crippen LogP contribution in [0.1, 0.15) is 48.8 Å². The SMILES string of the molecule is NCC1(c2cccc(Cl)c2)CCCCC1.O=C1Cc2ccccc2CN1. The number of fused-ring (bicyclic) bond motifs is 1. The summed E-state index contributed by atoms with van der Waals surface area (Å²) in [4.78, 5) is 10.9. The van der Waals surface area contributed by atoms with Crippen molar-refractivity contribution in [1.29, 1.82) is 0 Å². The lowest BCUT2D eigenvalue weighted by atomic mass is 9.69. The third-order valence-electron chi connectivity index (χ3n) is 5.58. The number of halogens is 1. The van der Waals surface area contributed by atoms with E-state index in [0.717, 1.165) is 17.1 Å². The molecule has 4 heteroatoms. The average Bonchev–Trinajstić information content (AvgIpc) is 2.69. The molecule has 0 radical (unpaired) electrons. The summed E-state index contributed by atoms with van der Waals surface area (Å²) < 4.78 is 0. The highest BCUT2D eigenvalue weighted by atomic mass is 35.5. The molecule has 0 spiro atoms. The van der Waals surface area contributed by atoms with Crippen molar-refractivity contribution >= 4 is 17.5 Å². The molecule has 4 rings (SSSR count). The summed E-state index contributed by atoms with van der Waals surface area (Å²) in [6.45, 7) is 1.43. The first kappa shape index (κ1) is 18.9. The lowest BCUT2D eigenvalue weighted by molar-refractivity contribution is -0.121. The van der Waals surface area contributed by atoms with Crippen LogP contribution in [0.25, 0.3) is 0 Å². The molecule has 3 N–H and O–H groups in total. The predicted molar refractivity (Wildman–Crippen MR) is 107 cm³/mol. The Morgan fingerprint density at radius 1 is 1.00 bits per heavy atom. The van der Waals surface area contributed by atoms with Gasteiger partial charge in [0.1, 0.15) is 0 Å². The number of nitrogens with one attached hydrogen (secondary N) is 1. The zero-order chi connectivity index (χ0) is 18.4. The number of hydrogen-bond donors (Lipinski definition) is 2. The van der Waals surface area contributed by atoms with Crippen molar-refractivity contribution < 1.29 is 4.79 Å². The van der Waals surface area contributed by atoms with Gasteiger partial charge < -0.3 is 11.1 Å². The zero-order valence-electron chi connectivity index (χ0n) is 15.1. The van der Waals surface area contributed by atoms with Crippen LogP contribution in [0.2, 0.25) is 5.02 Å². The van der Waals surface area contributed by atoms with E-state index in [0.29, 0.717) is 13.0 Å². The first-order chi connectivity index (χ1) is 12.6. The van der Waals surface area contributed by atoms with Crippen molar-refractivity contribution in [2.45, 2.75) is 50.5 Å². The summed E-state index contributed by atoms with van der Waals surface area (Å²) >= 11 is 6.04. The molecule has 3 nitrogen and oxygen atoms in total. The molecule has 1 saturated carbocycles. The molecule has 1 aliphatic carbocycles. The molecule has 26 heavy (non-hydrogen) atoms. The van der Waals surface area contributed by atoms with E-state index in [-0.39, 0.29) is 11.3 Å². The van der Waals surface area contributed by atoms with E-state index < -0.39 is 0 Å². The highest BCUT2D eigenvalue weighted by Gasteiger charge is 2.32. The number of carbonyl (C=O) groups excluding carboxylic acids is 1. The van der Waals surface area contributed by atoms with E-state index in [1.54, 1.807) is 0 Å². The van der Waals surface area contributed by atoms with Crippen molar-refractivity contribution in [2.75, 3.05) is 6.54 Å². The van der Waals surface area contributed by atoms with Crippen molar-refractivity contribution in [2.24, 2.45) is 5.73 Å². The van der Waals surface area contributed by atoms with E-state index in [1.165, 1.54) is 43.2 Å². The highest BCUT2D eigenvalue weighted by molar-refractivity contribution is 6.30. The van der Waals surface area contributed by atoms with Gasteiger partial charge in [-0.1, -0.05) is 67.3 Å². The topological polar surface area (TPSA) is 55.1 Å². The number of amides is 1. The van der Waals surface area contributed by atoms with Gasteiger partial charge in [-0.2, -0.15) is 0 Å². The van der Waals surface area contributed by atoms with Gasteiger partial charge in [0, 0.05) is 23.5 Å². The molecule has 0 unspecified atom stereocenters. The van der Waals surface area contributed by atoms with Crippen molar-refractivity contribution in [3.8, 4) is 0 Å². The zero-order valence-corrected chi connectivity index (χ0v) is 15.9. The van der Waals surface area contributed by atoms with Gasteiger partial charge in [-0.05, 0) is 41.7 Å². The van der Waals surface area contributed by atoms with Gasteiger partial charge in [0.25, 0.3) is 0 Å². The number of nitrogens with two attached hydrogens (primary N) is 1. The largest absolute Gasteiger partial charge is 0.352 e. The maximum absolute atomic E-state index is 10.9. The maximum atomic E-state index is 10.9. The third-order valence-corrected chi connectivity index (χ3v) is 5.82. The molecule has 2 aromatic rings. The number of rotatable bonds is 2. The summed E-state index contributed by atoms with van der Waals surface area (Å²) in [5.41, 5.74) is 9.91. The van der Waals surface area contributed by atoms with E-state index >= 15 is 0 Å². The van der Waals surface area contributed by atoms with Crippen LogP contribution in [-0.2, 0) is 23.2 Å². The minimum Gasteiger partial charge on any atom is -0.352 e. The summed E-state index contributed by atoms with van der Waals surface area (Å²) in [5.74, 6) is 0.128. The molecule has 1 heterocycles. The van der Waals surface area contributed by atoms with Gasteiger partial charge in [0.15, 0.2) is 0 Å². The second-order valence-electron chi connectivity index (χ2n) is 7.28. The maximum Gasteiger partial charge on any atom is 0.224 e. The van der Waals surface area contributed by atoms with E-state index in [1.807, 2.05) is 30.3 Å². The monoisotopic (exact) mass is 370 g/mol. The van der Waals surface area contributed by atoms with Crippen LogP contribution < -0.4 is 11.1 Å². The second kappa shape index (κ2) is 8.70. The molecule has 1 fully saturated rings. The van der Waals surface area contributed by atoms with Crippen LogP contribution in [0.5, 0.6) is 0 Å². The van der Waals surface area contributed by atoms with Crippen molar-refractivity contribution in [3.05, 3.63) is 70.2 Å². The first-order valence-electron chi connectivity index (χ1n) is 9.42. The van der Waals surface area contributed by atoms with Crippen LogP contribution in [0.15, 0.2) is 48.5 Å². The Labute approximate surface area is 160 Å². The Morgan fingerprint density at radius 3 is 2.42 bits per heavy atom. The summed E-state index contributed by atoms with van der Waals surface area (Å²) in [7, 11) is 0. The molecule has 1 amide bonds. The molecule has 0 saturated heterocycles. The Balaban J connectivity index is 0.000000158. The molecule has 0 bridgehead atoms. The van der Waals surface area contributed by atoms with E-state index in [4.69, 9.17) is 17.3 Å². The van der Waals surface area contributed by atoms with Gasteiger partial charge in [-0.3, -0.25) is 4.79 Å². The lowest BCUT2D eigenvalue weighted by Crippen LogP contribution is -2.37. The Kier molecular flexibility index (Phi) is 6.33. The molecule has 2 aliphatic rings. The van der Waals surface area contributed by atoms with Gasteiger partial charge in [-0.25, -0.2) is 0 Å². The van der Waals surface area contributed by atoms with E-state index in [9.17, 15) is 4.79 Å². The van der Waals surface area contributed by atoms with Gasteiger partial charge >= 0.3 is 0 Å². The summed E-state index contributed by atoms with van der Waals surface area (Å²) in [5, 5.41) is 3.62. The Bertz CT molecular complexity index is 753. The Morgan fingerprint density at radius 2 is 1.73 bits per heavy atom. The Hall–Kier alpha value is -1.84. The average molecular weight is 371 g/mol. The minimum atomic E-state index is 0.128. The van der Waals surface area contributed by atoms with Gasteiger partial charge in [0.2, 0.25) is 5.91 Å².